The van der Waals surface area contributed by atoms with Crippen LogP contribution in [0.4, 0.5) is 13.2 Å². The van der Waals surface area contributed by atoms with Crippen LogP contribution in [0.1, 0.15) is 37.5 Å². The first-order valence-corrected chi connectivity index (χ1v) is 4.66. The molecule has 1 heterocycles. The summed E-state index contributed by atoms with van der Waals surface area (Å²) in [7, 11) is 0. The molecule has 1 rings (SSSR count). The van der Waals surface area contributed by atoms with Crippen molar-refractivity contribution in [2.24, 2.45) is 0 Å². The second-order valence-corrected chi connectivity index (χ2v) is 4.63. The topological polar surface area (TPSA) is 12.9 Å². The highest BCUT2D eigenvalue weighted by Gasteiger charge is 2.38. The third-order valence-corrected chi connectivity index (χ3v) is 2.23. The third-order valence-electron chi connectivity index (χ3n) is 2.23. The summed E-state index contributed by atoms with van der Waals surface area (Å²) in [6, 6.07) is 0. The maximum absolute atomic E-state index is 12.8. The molecule has 0 radical (unpaired) electrons. The molecule has 0 N–H and O–H groups in total. The van der Waals surface area contributed by atoms with Crippen LogP contribution in [0.25, 0.3) is 0 Å². The number of rotatable bonds is 0. The van der Waals surface area contributed by atoms with Crippen molar-refractivity contribution in [3.63, 3.8) is 0 Å². The zero-order valence-electron chi connectivity index (χ0n) is 9.24. The highest BCUT2D eigenvalue weighted by atomic mass is 19.4. The molecule has 0 amide bonds. The molecule has 84 valence electrons. The van der Waals surface area contributed by atoms with Gasteiger partial charge in [-0.1, -0.05) is 20.8 Å². The van der Waals surface area contributed by atoms with Gasteiger partial charge >= 0.3 is 6.18 Å². The van der Waals surface area contributed by atoms with Crippen molar-refractivity contribution in [2.75, 3.05) is 0 Å². The monoisotopic (exact) mass is 217 g/mol. The van der Waals surface area contributed by atoms with Crippen LogP contribution in [0.2, 0.25) is 0 Å². The first-order chi connectivity index (χ1) is 6.64. The predicted octanol–water partition coefficient (Wildman–Crippen LogP) is 3.71. The van der Waals surface area contributed by atoms with E-state index < -0.39 is 17.2 Å². The molecule has 0 atom stereocenters. The fourth-order valence-corrected chi connectivity index (χ4v) is 1.51. The second kappa shape index (κ2) is 3.51. The minimum Gasteiger partial charge on any atom is -0.264 e. The Labute approximate surface area is 87.3 Å². The SMILES string of the molecule is Cc1cncc(C(C)(C)C)c1C(F)(F)F. The smallest absolute Gasteiger partial charge is 0.264 e. The number of pyridine rings is 1. The Bertz CT molecular complexity index is 361. The molecule has 0 saturated carbocycles. The van der Waals surface area contributed by atoms with Gasteiger partial charge in [-0.25, -0.2) is 0 Å². The van der Waals surface area contributed by atoms with Crippen molar-refractivity contribution in [1.29, 1.82) is 0 Å². The fourth-order valence-electron chi connectivity index (χ4n) is 1.51. The summed E-state index contributed by atoms with van der Waals surface area (Å²) in [6.45, 7) is 6.68. The second-order valence-electron chi connectivity index (χ2n) is 4.63. The third kappa shape index (κ3) is 2.49. The zero-order chi connectivity index (χ0) is 11.9. The quantitative estimate of drug-likeness (QED) is 0.645. The van der Waals surface area contributed by atoms with E-state index in [4.69, 9.17) is 0 Å². The van der Waals surface area contributed by atoms with E-state index in [1.54, 1.807) is 20.8 Å². The van der Waals surface area contributed by atoms with Gasteiger partial charge < -0.3 is 0 Å². The van der Waals surface area contributed by atoms with E-state index in [0.717, 1.165) is 0 Å². The number of alkyl halides is 3. The van der Waals surface area contributed by atoms with E-state index in [2.05, 4.69) is 4.98 Å². The van der Waals surface area contributed by atoms with Gasteiger partial charge in [-0.2, -0.15) is 13.2 Å². The van der Waals surface area contributed by atoms with E-state index in [-0.39, 0.29) is 11.1 Å². The molecule has 0 saturated heterocycles. The molecule has 0 bridgehead atoms. The van der Waals surface area contributed by atoms with Crippen LogP contribution in [-0.4, -0.2) is 4.98 Å². The summed E-state index contributed by atoms with van der Waals surface area (Å²) in [5.74, 6) is 0. The van der Waals surface area contributed by atoms with E-state index >= 15 is 0 Å². The molecule has 0 spiro atoms. The minimum atomic E-state index is -4.31. The first-order valence-electron chi connectivity index (χ1n) is 4.66. The van der Waals surface area contributed by atoms with E-state index in [9.17, 15) is 13.2 Å². The minimum absolute atomic E-state index is 0.176. The standard InChI is InChI=1S/C11H14F3N/c1-7-5-15-6-8(10(2,3)4)9(7)11(12,13)14/h5-6H,1-4H3. The molecule has 1 aromatic rings. The normalized spacial score (nSPS) is 13.0. The van der Waals surface area contributed by atoms with Gasteiger partial charge in [-0.3, -0.25) is 4.98 Å². The Hall–Kier alpha value is -1.06. The van der Waals surface area contributed by atoms with E-state index in [1.165, 1.54) is 19.3 Å². The molecular weight excluding hydrogens is 203 g/mol. The van der Waals surface area contributed by atoms with Gasteiger partial charge in [0.1, 0.15) is 0 Å². The highest BCUT2D eigenvalue weighted by Crippen LogP contribution is 2.38. The lowest BCUT2D eigenvalue weighted by Gasteiger charge is -2.24. The van der Waals surface area contributed by atoms with Gasteiger partial charge in [0.2, 0.25) is 0 Å². The van der Waals surface area contributed by atoms with Crippen LogP contribution in [-0.2, 0) is 11.6 Å². The lowest BCUT2D eigenvalue weighted by molar-refractivity contribution is -0.139. The number of hydrogen-bond acceptors (Lipinski definition) is 1. The predicted molar refractivity (Wildman–Crippen MR) is 52.7 cm³/mol. The number of nitrogens with zero attached hydrogens (tertiary/aromatic N) is 1. The number of halogens is 3. The fraction of sp³-hybridized carbons (Fsp3) is 0.545. The Balaban J connectivity index is 3.48. The maximum atomic E-state index is 12.8. The van der Waals surface area contributed by atoms with E-state index in [0.29, 0.717) is 0 Å². The Kier molecular flexibility index (Phi) is 2.81. The van der Waals surface area contributed by atoms with Gasteiger partial charge in [-0.05, 0) is 23.5 Å². The van der Waals surface area contributed by atoms with Gasteiger partial charge in [0.15, 0.2) is 0 Å². The van der Waals surface area contributed by atoms with Crippen molar-refractivity contribution in [3.8, 4) is 0 Å². The Morgan fingerprint density at radius 1 is 1.07 bits per heavy atom. The van der Waals surface area contributed by atoms with Crippen molar-refractivity contribution < 1.29 is 13.2 Å². The summed E-state index contributed by atoms with van der Waals surface area (Å²) in [5, 5.41) is 0. The van der Waals surface area contributed by atoms with Gasteiger partial charge in [0.05, 0.1) is 5.56 Å². The summed E-state index contributed by atoms with van der Waals surface area (Å²) < 4.78 is 38.4. The van der Waals surface area contributed by atoms with Gasteiger partial charge in [-0.15, -0.1) is 0 Å². The summed E-state index contributed by atoms with van der Waals surface area (Å²) in [4.78, 5) is 3.82. The summed E-state index contributed by atoms with van der Waals surface area (Å²) in [6.07, 6.45) is -1.76. The van der Waals surface area contributed by atoms with Crippen molar-refractivity contribution >= 4 is 0 Å². The lowest BCUT2D eigenvalue weighted by Crippen LogP contribution is -2.21. The highest BCUT2D eigenvalue weighted by molar-refractivity contribution is 5.37. The van der Waals surface area contributed by atoms with Gasteiger partial charge in [0, 0.05) is 12.4 Å². The molecule has 0 aliphatic rings. The van der Waals surface area contributed by atoms with Crippen LogP contribution < -0.4 is 0 Å². The number of hydrogen-bond donors (Lipinski definition) is 0. The summed E-state index contributed by atoms with van der Waals surface area (Å²) >= 11 is 0. The van der Waals surface area contributed by atoms with Crippen LogP contribution >= 0.6 is 0 Å². The van der Waals surface area contributed by atoms with Crippen molar-refractivity contribution in [2.45, 2.75) is 39.3 Å². The Morgan fingerprint density at radius 3 is 1.93 bits per heavy atom. The summed E-state index contributed by atoms with van der Waals surface area (Å²) in [5.41, 5.74) is -0.681. The average molecular weight is 217 g/mol. The number of aromatic nitrogens is 1. The first kappa shape index (κ1) is 12.0. The molecule has 1 aromatic heterocycles. The van der Waals surface area contributed by atoms with Crippen molar-refractivity contribution in [3.05, 3.63) is 29.1 Å². The molecular formula is C11H14F3N. The van der Waals surface area contributed by atoms with Crippen LogP contribution in [0.15, 0.2) is 12.4 Å². The molecule has 0 aliphatic heterocycles. The molecule has 0 aromatic carbocycles. The maximum Gasteiger partial charge on any atom is 0.417 e. The van der Waals surface area contributed by atoms with E-state index in [1.807, 2.05) is 0 Å². The lowest BCUT2D eigenvalue weighted by atomic mass is 9.83. The molecule has 15 heavy (non-hydrogen) atoms. The van der Waals surface area contributed by atoms with Gasteiger partial charge in [0.25, 0.3) is 0 Å². The molecule has 0 unspecified atom stereocenters. The Morgan fingerprint density at radius 2 is 1.60 bits per heavy atom. The van der Waals surface area contributed by atoms with Crippen LogP contribution in [0, 0.1) is 6.92 Å². The molecule has 4 heteroatoms. The van der Waals surface area contributed by atoms with Crippen molar-refractivity contribution in [1.82, 2.24) is 4.98 Å². The average Bonchev–Trinajstić information content (AvgIpc) is 1.99. The zero-order valence-corrected chi connectivity index (χ0v) is 9.24. The van der Waals surface area contributed by atoms with Crippen LogP contribution in [0.3, 0.4) is 0 Å². The largest absolute Gasteiger partial charge is 0.417 e. The molecule has 0 fully saturated rings. The molecule has 0 aliphatic carbocycles. The molecule has 1 nitrogen and oxygen atoms in total. The number of aryl methyl sites for hydroxylation is 1. The van der Waals surface area contributed by atoms with Crippen LogP contribution in [0.5, 0.6) is 0 Å².